The molecule has 1 atom stereocenters. The third-order valence-corrected chi connectivity index (χ3v) is 8.13. The van der Waals surface area contributed by atoms with Gasteiger partial charge in [-0.15, -0.1) is 0 Å². The molecule has 0 radical (unpaired) electrons. The normalized spacial score (nSPS) is 20.2. The first-order chi connectivity index (χ1) is 8.12. The summed E-state index contributed by atoms with van der Waals surface area (Å²) in [7, 11) is -1.71. The van der Waals surface area contributed by atoms with Gasteiger partial charge in [0, 0.05) is 0 Å². The fourth-order valence-corrected chi connectivity index (χ4v) is 5.98. The number of benzene rings is 1. The molecule has 1 aromatic carbocycles. The number of rotatable bonds is 3. The summed E-state index contributed by atoms with van der Waals surface area (Å²) in [5, 5.41) is 12.1. The van der Waals surface area contributed by atoms with Crippen LogP contribution in [0.4, 0.5) is 0 Å². The number of aliphatic hydroxyl groups is 1. The molecule has 17 heavy (non-hydrogen) atoms. The van der Waals surface area contributed by atoms with Gasteiger partial charge in [0.15, 0.2) is 0 Å². The summed E-state index contributed by atoms with van der Waals surface area (Å²) in [6, 6.07) is 10.6. The van der Waals surface area contributed by atoms with Gasteiger partial charge in [-0.2, -0.15) is 0 Å². The van der Waals surface area contributed by atoms with Crippen LogP contribution in [0, 0.1) is 5.92 Å². The monoisotopic (exact) mass is 248 g/mol. The number of hydrogen-bond acceptors (Lipinski definition) is 1. The molecule has 2 rings (SSSR count). The molecule has 0 saturated heterocycles. The molecule has 1 aliphatic rings. The Morgan fingerprint density at radius 2 is 1.65 bits per heavy atom. The van der Waals surface area contributed by atoms with Crippen LogP contribution in [-0.4, -0.2) is 18.9 Å². The van der Waals surface area contributed by atoms with Crippen molar-refractivity contribution in [3.8, 4) is 0 Å². The zero-order valence-corrected chi connectivity index (χ0v) is 12.0. The van der Waals surface area contributed by atoms with Gasteiger partial charge in [0.2, 0.25) is 0 Å². The van der Waals surface area contributed by atoms with Crippen molar-refractivity contribution in [2.45, 2.75) is 50.9 Å². The van der Waals surface area contributed by atoms with Crippen molar-refractivity contribution in [3.05, 3.63) is 30.3 Å². The van der Waals surface area contributed by atoms with Crippen LogP contribution in [0.3, 0.4) is 0 Å². The van der Waals surface area contributed by atoms with Gasteiger partial charge in [-0.1, -0.05) is 67.9 Å². The van der Waals surface area contributed by atoms with Crippen LogP contribution >= 0.6 is 0 Å². The Balaban J connectivity index is 2.14. The average Bonchev–Trinajstić information content (AvgIpc) is 2.40. The van der Waals surface area contributed by atoms with Crippen LogP contribution in [0.5, 0.6) is 0 Å². The smallest absolute Gasteiger partial charge is 0.113 e. The van der Waals surface area contributed by atoms with Crippen molar-refractivity contribution < 1.29 is 5.11 Å². The summed E-state index contributed by atoms with van der Waals surface area (Å²) < 4.78 is 0. The average molecular weight is 248 g/mol. The Morgan fingerprint density at radius 1 is 1.06 bits per heavy atom. The molecule has 1 aromatic rings. The minimum absolute atomic E-state index is 0.0785. The largest absolute Gasteiger partial charge is 0.396 e. The summed E-state index contributed by atoms with van der Waals surface area (Å²) in [4.78, 5) is 0. The van der Waals surface area contributed by atoms with Gasteiger partial charge in [-0.25, -0.2) is 0 Å². The van der Waals surface area contributed by atoms with Crippen LogP contribution in [0.25, 0.3) is 0 Å². The Bertz CT molecular complexity index is 341. The van der Waals surface area contributed by atoms with E-state index in [-0.39, 0.29) is 5.73 Å². The van der Waals surface area contributed by atoms with Crippen molar-refractivity contribution in [3.63, 3.8) is 0 Å². The fraction of sp³-hybridized carbons (Fsp3) is 0.600. The maximum absolute atomic E-state index is 10.7. The molecule has 0 bridgehead atoms. The Hall–Kier alpha value is -0.603. The quantitative estimate of drug-likeness (QED) is 0.815. The maximum Gasteiger partial charge on any atom is 0.113 e. The lowest BCUT2D eigenvalue weighted by atomic mass is 9.90. The Labute approximate surface area is 106 Å². The van der Waals surface area contributed by atoms with E-state index in [1.54, 1.807) is 0 Å². The first-order valence-electron chi connectivity index (χ1n) is 6.86. The molecule has 94 valence electrons. The maximum atomic E-state index is 10.7. The second kappa shape index (κ2) is 5.36. The van der Waals surface area contributed by atoms with E-state index < -0.39 is 8.07 Å². The molecule has 0 aromatic heterocycles. The third-order valence-electron chi connectivity index (χ3n) is 4.35. The van der Waals surface area contributed by atoms with E-state index in [9.17, 15) is 5.11 Å². The Kier molecular flexibility index (Phi) is 4.05. The van der Waals surface area contributed by atoms with Gasteiger partial charge in [0.1, 0.15) is 8.07 Å². The summed E-state index contributed by atoms with van der Waals surface area (Å²) >= 11 is 0. The zero-order chi connectivity index (χ0) is 12.3. The molecule has 1 N–H and O–H groups in total. The molecular weight excluding hydrogens is 224 g/mol. The lowest BCUT2D eigenvalue weighted by Crippen LogP contribution is -2.55. The van der Waals surface area contributed by atoms with Crippen LogP contribution < -0.4 is 5.19 Å². The second-order valence-electron chi connectivity index (χ2n) is 5.93. The van der Waals surface area contributed by atoms with E-state index >= 15 is 0 Å². The molecule has 2 heteroatoms. The third kappa shape index (κ3) is 2.80. The zero-order valence-electron chi connectivity index (χ0n) is 11.0. The summed E-state index contributed by atoms with van der Waals surface area (Å²) in [5.41, 5.74) is -0.0785. The van der Waals surface area contributed by atoms with Gasteiger partial charge in [-0.3, -0.25) is 0 Å². The van der Waals surface area contributed by atoms with Gasteiger partial charge in [-0.05, 0) is 18.8 Å². The molecule has 1 saturated carbocycles. The van der Waals surface area contributed by atoms with Gasteiger partial charge in [0.25, 0.3) is 0 Å². The van der Waals surface area contributed by atoms with Crippen LogP contribution in [0.2, 0.25) is 13.1 Å². The van der Waals surface area contributed by atoms with Crippen LogP contribution in [0.1, 0.15) is 32.1 Å². The molecule has 1 fully saturated rings. The van der Waals surface area contributed by atoms with E-state index in [0.29, 0.717) is 5.92 Å². The van der Waals surface area contributed by atoms with Crippen molar-refractivity contribution >= 4 is 13.3 Å². The molecule has 1 aliphatic carbocycles. The molecule has 0 amide bonds. The van der Waals surface area contributed by atoms with E-state index in [4.69, 9.17) is 0 Å². The van der Waals surface area contributed by atoms with Gasteiger partial charge >= 0.3 is 0 Å². The molecule has 0 spiro atoms. The van der Waals surface area contributed by atoms with Crippen molar-refractivity contribution in [2.24, 2.45) is 5.92 Å². The lowest BCUT2D eigenvalue weighted by molar-refractivity contribution is 0.144. The van der Waals surface area contributed by atoms with E-state index in [2.05, 4.69) is 43.4 Å². The first-order valence-corrected chi connectivity index (χ1v) is 9.93. The van der Waals surface area contributed by atoms with E-state index in [1.165, 1.54) is 37.3 Å². The molecule has 1 unspecified atom stereocenters. The highest BCUT2D eigenvalue weighted by atomic mass is 28.3. The van der Waals surface area contributed by atoms with Gasteiger partial charge in [0.05, 0.1) is 5.73 Å². The highest BCUT2D eigenvalue weighted by Crippen LogP contribution is 2.30. The predicted molar refractivity (Wildman–Crippen MR) is 76.1 cm³/mol. The number of aliphatic hydroxyl groups excluding tert-OH is 1. The highest BCUT2D eigenvalue weighted by molar-refractivity contribution is 6.90. The highest BCUT2D eigenvalue weighted by Gasteiger charge is 2.37. The molecular formula is C15H24OSi. The number of hydrogen-bond donors (Lipinski definition) is 1. The van der Waals surface area contributed by atoms with E-state index in [0.717, 1.165) is 0 Å². The fourth-order valence-electron chi connectivity index (χ4n) is 3.08. The molecule has 0 heterocycles. The molecule has 1 nitrogen and oxygen atoms in total. The summed E-state index contributed by atoms with van der Waals surface area (Å²) in [5.74, 6) is 0.547. The summed E-state index contributed by atoms with van der Waals surface area (Å²) in [6.45, 7) is 4.61. The minimum Gasteiger partial charge on any atom is -0.396 e. The first kappa shape index (κ1) is 12.8. The van der Waals surface area contributed by atoms with E-state index in [1.807, 2.05) is 0 Å². The molecule has 0 aliphatic heterocycles. The lowest BCUT2D eigenvalue weighted by Gasteiger charge is -2.36. The van der Waals surface area contributed by atoms with Gasteiger partial charge < -0.3 is 5.11 Å². The standard InChI is InChI=1S/C15H24OSi/c1-17(2,14-11-7-4-8-12-14)15(16)13-9-5-3-6-10-13/h4,7-8,11-13,15-16H,3,5-6,9-10H2,1-2H3. The van der Waals surface area contributed by atoms with Crippen molar-refractivity contribution in [2.75, 3.05) is 0 Å². The minimum atomic E-state index is -1.71. The topological polar surface area (TPSA) is 20.2 Å². The van der Waals surface area contributed by atoms with Crippen LogP contribution in [0.15, 0.2) is 30.3 Å². The van der Waals surface area contributed by atoms with Crippen molar-refractivity contribution in [1.82, 2.24) is 0 Å². The Morgan fingerprint density at radius 3 is 2.24 bits per heavy atom. The SMILES string of the molecule is C[Si](C)(c1ccccc1)C(O)C1CCCCC1. The van der Waals surface area contributed by atoms with Crippen LogP contribution in [-0.2, 0) is 0 Å². The van der Waals surface area contributed by atoms with Crippen molar-refractivity contribution in [1.29, 1.82) is 0 Å². The predicted octanol–water partition coefficient (Wildman–Crippen LogP) is 3.08. The summed E-state index contributed by atoms with van der Waals surface area (Å²) in [6.07, 6.45) is 6.42. The second-order valence-corrected chi connectivity index (χ2v) is 10.5.